The lowest BCUT2D eigenvalue weighted by Crippen LogP contribution is -2.31. The van der Waals surface area contributed by atoms with Crippen LogP contribution in [0.1, 0.15) is 40.9 Å². The van der Waals surface area contributed by atoms with Crippen LogP contribution in [-0.4, -0.2) is 23.1 Å². The molecule has 25 heavy (non-hydrogen) atoms. The minimum Gasteiger partial charge on any atom is -0.344 e. The van der Waals surface area contributed by atoms with Crippen molar-refractivity contribution >= 4 is 10.9 Å². The SMILES string of the molecule is Cc1ccc(CCn2c3c(c4cc(C)ccc42)C(C)N(C)CC3)cc1. The van der Waals surface area contributed by atoms with Gasteiger partial charge in [-0.05, 0) is 57.5 Å². The Kier molecular flexibility index (Phi) is 4.16. The summed E-state index contributed by atoms with van der Waals surface area (Å²) in [6.07, 6.45) is 2.24. The lowest BCUT2D eigenvalue weighted by atomic mass is 9.97. The molecule has 1 aliphatic rings. The third-order valence-electron chi connectivity index (χ3n) is 5.89. The van der Waals surface area contributed by atoms with E-state index in [1.807, 2.05) is 0 Å². The van der Waals surface area contributed by atoms with Crippen molar-refractivity contribution in [2.45, 2.75) is 46.2 Å². The van der Waals surface area contributed by atoms with Gasteiger partial charge in [0.05, 0.1) is 0 Å². The van der Waals surface area contributed by atoms with Gasteiger partial charge < -0.3 is 4.57 Å². The van der Waals surface area contributed by atoms with Crippen LogP contribution in [-0.2, 0) is 19.4 Å². The summed E-state index contributed by atoms with van der Waals surface area (Å²) in [5.74, 6) is 0. The van der Waals surface area contributed by atoms with E-state index in [4.69, 9.17) is 0 Å². The van der Waals surface area contributed by atoms with Gasteiger partial charge in [-0.15, -0.1) is 0 Å². The number of hydrogen-bond donors (Lipinski definition) is 0. The van der Waals surface area contributed by atoms with Crippen molar-refractivity contribution in [2.24, 2.45) is 0 Å². The summed E-state index contributed by atoms with van der Waals surface area (Å²) in [7, 11) is 2.25. The van der Waals surface area contributed by atoms with Gasteiger partial charge in [-0.25, -0.2) is 0 Å². The quantitative estimate of drug-likeness (QED) is 0.651. The van der Waals surface area contributed by atoms with Gasteiger partial charge in [-0.3, -0.25) is 4.90 Å². The molecular formula is C23H28N2. The summed E-state index contributed by atoms with van der Waals surface area (Å²) in [6.45, 7) is 8.92. The molecule has 2 heteroatoms. The highest BCUT2D eigenvalue weighted by Gasteiger charge is 2.27. The van der Waals surface area contributed by atoms with Crippen LogP contribution in [0.4, 0.5) is 0 Å². The van der Waals surface area contributed by atoms with Crippen LogP contribution in [0, 0.1) is 13.8 Å². The molecule has 2 nitrogen and oxygen atoms in total. The molecule has 0 N–H and O–H groups in total. The van der Waals surface area contributed by atoms with Crippen molar-refractivity contribution in [1.82, 2.24) is 9.47 Å². The van der Waals surface area contributed by atoms with Gasteiger partial charge in [-0.1, -0.05) is 41.5 Å². The minimum absolute atomic E-state index is 0.494. The molecule has 0 fully saturated rings. The third-order valence-corrected chi connectivity index (χ3v) is 5.89. The number of aromatic nitrogens is 1. The van der Waals surface area contributed by atoms with E-state index in [2.05, 4.69) is 79.8 Å². The first-order valence-corrected chi connectivity index (χ1v) is 9.42. The molecule has 2 heterocycles. The third kappa shape index (κ3) is 2.89. The molecular weight excluding hydrogens is 304 g/mol. The standard InChI is InChI=1S/C23H28N2/c1-16-5-8-19(9-6-16)11-14-25-21-10-7-17(2)15-20(21)23-18(3)24(4)13-12-22(23)25/h5-10,15,18H,11-14H2,1-4H3. The van der Waals surface area contributed by atoms with Crippen LogP contribution in [0.2, 0.25) is 0 Å². The topological polar surface area (TPSA) is 8.17 Å². The fourth-order valence-corrected chi connectivity index (χ4v) is 4.23. The predicted octanol–water partition coefficient (Wildman–Crippen LogP) is 5.05. The van der Waals surface area contributed by atoms with Crippen LogP contribution in [0.25, 0.3) is 10.9 Å². The van der Waals surface area contributed by atoms with Crippen molar-refractivity contribution in [3.63, 3.8) is 0 Å². The van der Waals surface area contributed by atoms with Crippen molar-refractivity contribution in [1.29, 1.82) is 0 Å². The first-order valence-electron chi connectivity index (χ1n) is 9.42. The minimum atomic E-state index is 0.494. The monoisotopic (exact) mass is 332 g/mol. The average Bonchev–Trinajstić information content (AvgIpc) is 2.91. The van der Waals surface area contributed by atoms with Gasteiger partial charge in [-0.2, -0.15) is 0 Å². The molecule has 3 aromatic rings. The summed E-state index contributed by atoms with van der Waals surface area (Å²) in [5.41, 5.74) is 8.63. The molecule has 2 aromatic carbocycles. The van der Waals surface area contributed by atoms with Crippen molar-refractivity contribution in [3.8, 4) is 0 Å². The zero-order valence-electron chi connectivity index (χ0n) is 15.8. The summed E-state index contributed by atoms with van der Waals surface area (Å²) < 4.78 is 2.59. The van der Waals surface area contributed by atoms with Crippen molar-refractivity contribution in [2.75, 3.05) is 13.6 Å². The van der Waals surface area contributed by atoms with E-state index in [0.717, 1.165) is 25.9 Å². The van der Waals surface area contributed by atoms with Crippen LogP contribution in [0.15, 0.2) is 42.5 Å². The summed E-state index contributed by atoms with van der Waals surface area (Å²) in [4.78, 5) is 2.48. The highest BCUT2D eigenvalue weighted by Crippen LogP contribution is 2.37. The molecule has 0 spiro atoms. The first kappa shape index (κ1) is 16.4. The average molecular weight is 332 g/mol. The Labute approximate surface area is 151 Å². The molecule has 1 unspecified atom stereocenters. The van der Waals surface area contributed by atoms with Crippen LogP contribution in [0.5, 0.6) is 0 Å². The summed E-state index contributed by atoms with van der Waals surface area (Å²) in [6, 6.07) is 16.4. The number of nitrogens with zero attached hydrogens (tertiary/aromatic N) is 2. The molecule has 0 amide bonds. The maximum atomic E-state index is 2.59. The Balaban J connectivity index is 1.76. The van der Waals surface area contributed by atoms with Crippen molar-refractivity contribution < 1.29 is 0 Å². The van der Waals surface area contributed by atoms with Gasteiger partial charge in [0.15, 0.2) is 0 Å². The second-order valence-corrected chi connectivity index (χ2v) is 7.67. The van der Waals surface area contributed by atoms with Gasteiger partial charge in [0.25, 0.3) is 0 Å². The summed E-state index contributed by atoms with van der Waals surface area (Å²) in [5, 5.41) is 1.46. The molecule has 1 aliphatic heterocycles. The van der Waals surface area contributed by atoms with Gasteiger partial charge >= 0.3 is 0 Å². The zero-order chi connectivity index (χ0) is 17.6. The molecule has 0 bridgehead atoms. The van der Waals surface area contributed by atoms with E-state index >= 15 is 0 Å². The molecule has 4 rings (SSSR count). The van der Waals surface area contributed by atoms with E-state index in [1.165, 1.54) is 27.6 Å². The summed E-state index contributed by atoms with van der Waals surface area (Å²) >= 11 is 0. The second kappa shape index (κ2) is 6.34. The maximum Gasteiger partial charge on any atom is 0.0486 e. The molecule has 0 aliphatic carbocycles. The molecule has 0 radical (unpaired) electrons. The Morgan fingerprint density at radius 2 is 1.72 bits per heavy atom. The maximum absolute atomic E-state index is 2.59. The Hall–Kier alpha value is -2.06. The molecule has 0 saturated carbocycles. The lowest BCUT2D eigenvalue weighted by molar-refractivity contribution is 0.245. The lowest BCUT2D eigenvalue weighted by Gasteiger charge is -2.31. The van der Waals surface area contributed by atoms with Crippen LogP contribution >= 0.6 is 0 Å². The number of hydrogen-bond acceptors (Lipinski definition) is 1. The van der Waals surface area contributed by atoms with E-state index in [-0.39, 0.29) is 0 Å². The highest BCUT2D eigenvalue weighted by molar-refractivity contribution is 5.87. The van der Waals surface area contributed by atoms with Crippen LogP contribution < -0.4 is 0 Å². The normalized spacial score (nSPS) is 17.8. The van der Waals surface area contributed by atoms with E-state index in [9.17, 15) is 0 Å². The number of likely N-dealkylation sites (N-methyl/N-ethyl adjacent to an activating group) is 1. The van der Waals surface area contributed by atoms with Crippen LogP contribution in [0.3, 0.4) is 0 Å². The number of fused-ring (bicyclic) bond motifs is 3. The fraction of sp³-hybridized carbons (Fsp3) is 0.391. The number of aryl methyl sites for hydroxylation is 4. The Bertz CT molecular complexity index is 902. The van der Waals surface area contributed by atoms with Gasteiger partial charge in [0.2, 0.25) is 0 Å². The van der Waals surface area contributed by atoms with E-state index in [1.54, 1.807) is 11.3 Å². The molecule has 130 valence electrons. The zero-order valence-corrected chi connectivity index (χ0v) is 15.8. The Morgan fingerprint density at radius 1 is 1.00 bits per heavy atom. The van der Waals surface area contributed by atoms with E-state index in [0.29, 0.717) is 6.04 Å². The van der Waals surface area contributed by atoms with Crippen molar-refractivity contribution in [3.05, 3.63) is 70.4 Å². The van der Waals surface area contributed by atoms with Gasteiger partial charge in [0.1, 0.15) is 0 Å². The predicted molar refractivity (Wildman–Crippen MR) is 106 cm³/mol. The fourth-order valence-electron chi connectivity index (χ4n) is 4.23. The molecule has 0 saturated heterocycles. The van der Waals surface area contributed by atoms with E-state index < -0.39 is 0 Å². The molecule has 1 atom stereocenters. The first-order chi connectivity index (χ1) is 12.0. The second-order valence-electron chi connectivity index (χ2n) is 7.67. The largest absolute Gasteiger partial charge is 0.344 e. The number of rotatable bonds is 3. The van der Waals surface area contributed by atoms with Gasteiger partial charge in [0, 0.05) is 42.1 Å². The Morgan fingerprint density at radius 3 is 2.48 bits per heavy atom. The number of benzene rings is 2. The highest BCUT2D eigenvalue weighted by atomic mass is 15.1. The smallest absolute Gasteiger partial charge is 0.0486 e. The molecule has 1 aromatic heterocycles.